The van der Waals surface area contributed by atoms with Crippen molar-refractivity contribution in [1.29, 1.82) is 0 Å². The average Bonchev–Trinajstić information content (AvgIpc) is 3.22. The summed E-state index contributed by atoms with van der Waals surface area (Å²) in [6, 6.07) is 9.56. The van der Waals surface area contributed by atoms with Gasteiger partial charge in [-0.05, 0) is 35.7 Å². The number of amides is 2. The summed E-state index contributed by atoms with van der Waals surface area (Å²) in [5.74, 6) is -0.166. The van der Waals surface area contributed by atoms with Crippen molar-refractivity contribution < 1.29 is 18.0 Å². The Balaban J connectivity index is 1.62. The molecule has 1 aromatic carbocycles. The molecule has 1 N–H and O–H groups in total. The zero-order valence-electron chi connectivity index (χ0n) is 14.9. The Morgan fingerprint density at radius 3 is 2.11 bits per heavy atom. The molecule has 0 saturated carbocycles. The van der Waals surface area contributed by atoms with E-state index in [-0.39, 0.29) is 16.7 Å². The van der Waals surface area contributed by atoms with Gasteiger partial charge >= 0.3 is 0 Å². The van der Waals surface area contributed by atoms with Gasteiger partial charge in [-0.2, -0.15) is 0 Å². The number of benzene rings is 1. The van der Waals surface area contributed by atoms with Crippen LogP contribution in [0.25, 0.3) is 0 Å². The second kappa shape index (κ2) is 8.20. The summed E-state index contributed by atoms with van der Waals surface area (Å²) in [6.07, 6.45) is 0. The van der Waals surface area contributed by atoms with E-state index in [0.29, 0.717) is 43.2 Å². The monoisotopic (exact) mass is 407 g/mol. The highest BCUT2D eigenvalue weighted by Gasteiger charge is 2.26. The maximum Gasteiger partial charge on any atom is 0.264 e. The number of hydrogen-bond acceptors (Lipinski definition) is 5. The number of carbonyl (C=O) groups is 2. The van der Waals surface area contributed by atoms with Gasteiger partial charge in [-0.15, -0.1) is 11.3 Å². The molecule has 2 aromatic rings. The molecule has 1 saturated heterocycles. The van der Waals surface area contributed by atoms with Gasteiger partial charge in [0.05, 0.1) is 9.77 Å². The van der Waals surface area contributed by atoms with E-state index in [0.717, 1.165) is 0 Å². The van der Waals surface area contributed by atoms with Gasteiger partial charge in [0.1, 0.15) is 0 Å². The van der Waals surface area contributed by atoms with E-state index in [9.17, 15) is 18.0 Å². The van der Waals surface area contributed by atoms with Crippen LogP contribution in [0.2, 0.25) is 0 Å². The normalized spacial score (nSPS) is 15.0. The lowest BCUT2D eigenvalue weighted by molar-refractivity contribution is 0.0538. The number of nitrogens with zero attached hydrogens (tertiary/aromatic N) is 2. The van der Waals surface area contributed by atoms with E-state index in [1.165, 1.54) is 35.6 Å². The maximum absolute atomic E-state index is 12.7. The fourth-order valence-corrected chi connectivity index (χ4v) is 4.63. The number of piperazine rings is 1. The molecular formula is C18H21N3O4S2. The molecule has 0 aliphatic carbocycles. The van der Waals surface area contributed by atoms with E-state index < -0.39 is 10.0 Å². The number of nitrogens with one attached hydrogen (secondary N) is 1. The van der Waals surface area contributed by atoms with Crippen LogP contribution in [0.1, 0.15) is 27.0 Å². The molecule has 27 heavy (non-hydrogen) atoms. The summed E-state index contributed by atoms with van der Waals surface area (Å²) in [5.41, 5.74) is 0.434. The molecule has 0 atom stereocenters. The summed E-state index contributed by atoms with van der Waals surface area (Å²) < 4.78 is 26.4. The fraction of sp³-hybridized carbons (Fsp3) is 0.333. The highest BCUT2D eigenvalue weighted by molar-refractivity contribution is 7.89. The number of thiophene rings is 1. The molecule has 9 heteroatoms. The summed E-state index contributed by atoms with van der Waals surface area (Å²) >= 11 is 1.41. The molecule has 1 aromatic heterocycles. The molecule has 1 aliphatic rings. The standard InChI is InChI=1S/C18H21N3O4S2/c1-2-19-27(24,25)15-7-5-14(6-8-15)17(22)20-9-11-21(12-10-20)18(23)16-4-3-13-26-16/h3-8,13,19H,2,9-12H2,1H3. The Morgan fingerprint density at radius 1 is 1.00 bits per heavy atom. The van der Waals surface area contributed by atoms with Crippen molar-refractivity contribution in [3.63, 3.8) is 0 Å². The van der Waals surface area contributed by atoms with E-state index in [1.54, 1.807) is 22.8 Å². The topological polar surface area (TPSA) is 86.8 Å². The van der Waals surface area contributed by atoms with Crippen LogP contribution in [0.4, 0.5) is 0 Å². The zero-order valence-corrected chi connectivity index (χ0v) is 16.6. The highest BCUT2D eigenvalue weighted by Crippen LogP contribution is 2.16. The van der Waals surface area contributed by atoms with Crippen molar-refractivity contribution in [3.05, 3.63) is 52.2 Å². The van der Waals surface area contributed by atoms with Crippen molar-refractivity contribution >= 4 is 33.2 Å². The quantitative estimate of drug-likeness (QED) is 0.816. The lowest BCUT2D eigenvalue weighted by Crippen LogP contribution is -2.50. The van der Waals surface area contributed by atoms with Gasteiger partial charge in [0.15, 0.2) is 0 Å². The van der Waals surface area contributed by atoms with Gasteiger partial charge in [0.25, 0.3) is 11.8 Å². The van der Waals surface area contributed by atoms with Crippen molar-refractivity contribution in [2.24, 2.45) is 0 Å². The van der Waals surface area contributed by atoms with Crippen LogP contribution in [-0.4, -0.2) is 62.8 Å². The molecule has 144 valence electrons. The maximum atomic E-state index is 12.7. The van der Waals surface area contributed by atoms with Crippen molar-refractivity contribution in [2.75, 3.05) is 32.7 Å². The Labute approximate surface area is 162 Å². The van der Waals surface area contributed by atoms with Gasteiger partial charge < -0.3 is 9.80 Å². The second-order valence-corrected chi connectivity index (χ2v) is 8.80. The molecule has 1 aliphatic heterocycles. The predicted molar refractivity (Wildman–Crippen MR) is 103 cm³/mol. The molecule has 2 amide bonds. The fourth-order valence-electron chi connectivity index (χ4n) is 2.90. The predicted octanol–water partition coefficient (Wildman–Crippen LogP) is 1.64. The lowest BCUT2D eigenvalue weighted by atomic mass is 10.2. The highest BCUT2D eigenvalue weighted by atomic mass is 32.2. The van der Waals surface area contributed by atoms with Crippen molar-refractivity contribution in [1.82, 2.24) is 14.5 Å². The third kappa shape index (κ3) is 4.37. The van der Waals surface area contributed by atoms with Crippen LogP contribution in [-0.2, 0) is 10.0 Å². The minimum atomic E-state index is -3.53. The largest absolute Gasteiger partial charge is 0.335 e. The van der Waals surface area contributed by atoms with Crippen LogP contribution in [0.15, 0.2) is 46.7 Å². The van der Waals surface area contributed by atoms with Crippen LogP contribution >= 0.6 is 11.3 Å². The minimum Gasteiger partial charge on any atom is -0.335 e. The Hall–Kier alpha value is -2.23. The number of hydrogen-bond donors (Lipinski definition) is 1. The summed E-state index contributed by atoms with van der Waals surface area (Å²) in [7, 11) is -3.53. The van der Waals surface area contributed by atoms with E-state index in [2.05, 4.69) is 4.72 Å². The van der Waals surface area contributed by atoms with E-state index >= 15 is 0 Å². The number of rotatable bonds is 5. The molecular weight excluding hydrogens is 386 g/mol. The van der Waals surface area contributed by atoms with Gasteiger partial charge in [0.2, 0.25) is 10.0 Å². The first-order valence-corrected chi connectivity index (χ1v) is 11.0. The third-order valence-electron chi connectivity index (χ3n) is 4.33. The number of sulfonamides is 1. The van der Waals surface area contributed by atoms with Crippen LogP contribution in [0.3, 0.4) is 0 Å². The van der Waals surface area contributed by atoms with E-state index in [4.69, 9.17) is 0 Å². The van der Waals surface area contributed by atoms with Crippen molar-refractivity contribution in [3.8, 4) is 0 Å². The van der Waals surface area contributed by atoms with Gasteiger partial charge in [-0.25, -0.2) is 13.1 Å². The molecule has 0 radical (unpaired) electrons. The molecule has 2 heterocycles. The second-order valence-electron chi connectivity index (χ2n) is 6.09. The summed E-state index contributed by atoms with van der Waals surface area (Å²) in [4.78, 5) is 29.3. The molecule has 0 spiro atoms. The van der Waals surface area contributed by atoms with Crippen LogP contribution in [0.5, 0.6) is 0 Å². The average molecular weight is 408 g/mol. The molecule has 1 fully saturated rings. The zero-order chi connectivity index (χ0) is 19.4. The van der Waals surface area contributed by atoms with Gasteiger partial charge in [-0.3, -0.25) is 9.59 Å². The van der Waals surface area contributed by atoms with Gasteiger partial charge in [0, 0.05) is 38.3 Å². The third-order valence-corrected chi connectivity index (χ3v) is 6.75. The summed E-state index contributed by atoms with van der Waals surface area (Å²) in [6.45, 7) is 3.88. The number of carbonyl (C=O) groups excluding carboxylic acids is 2. The molecule has 3 rings (SSSR count). The first-order chi connectivity index (χ1) is 12.9. The van der Waals surface area contributed by atoms with Crippen LogP contribution < -0.4 is 4.72 Å². The SMILES string of the molecule is CCNS(=O)(=O)c1ccc(C(=O)N2CCN(C(=O)c3cccs3)CC2)cc1. The molecule has 7 nitrogen and oxygen atoms in total. The Morgan fingerprint density at radius 2 is 1.59 bits per heavy atom. The first-order valence-electron chi connectivity index (χ1n) is 8.64. The van der Waals surface area contributed by atoms with Crippen molar-refractivity contribution in [2.45, 2.75) is 11.8 Å². The lowest BCUT2D eigenvalue weighted by Gasteiger charge is -2.34. The minimum absolute atomic E-state index is 0.00455. The Kier molecular flexibility index (Phi) is 5.93. The van der Waals surface area contributed by atoms with E-state index in [1.807, 2.05) is 11.4 Å². The molecule has 0 bridgehead atoms. The van der Waals surface area contributed by atoms with Crippen LogP contribution in [0, 0.1) is 0 Å². The first kappa shape index (κ1) is 19.5. The summed E-state index contributed by atoms with van der Waals surface area (Å²) in [5, 5.41) is 1.87. The smallest absolute Gasteiger partial charge is 0.264 e. The molecule has 0 unspecified atom stereocenters. The van der Waals surface area contributed by atoms with Gasteiger partial charge in [-0.1, -0.05) is 13.0 Å². The Bertz CT molecular complexity index is 901.